The number of aliphatic imine (C=N–C) groups is 1. The number of guanidine groups is 1. The molecule has 0 saturated carbocycles. The predicted molar refractivity (Wildman–Crippen MR) is 119 cm³/mol. The molecule has 1 amide bonds. The number of halogens is 1. The number of amides is 1. The molecule has 2 aromatic rings. The monoisotopic (exact) mass is 482 g/mol. The Hall–Kier alpha value is -2.10. The normalized spacial score (nSPS) is 16.1. The van der Waals surface area contributed by atoms with Gasteiger partial charge in [-0.2, -0.15) is 5.10 Å². The van der Waals surface area contributed by atoms with E-state index in [0.717, 1.165) is 43.3 Å². The number of anilines is 1. The van der Waals surface area contributed by atoms with Gasteiger partial charge in [-0.15, -0.1) is 24.0 Å². The molecule has 146 valence electrons. The van der Waals surface area contributed by atoms with E-state index in [-0.39, 0.29) is 35.8 Å². The van der Waals surface area contributed by atoms with Gasteiger partial charge in [0.1, 0.15) is 0 Å². The third-order valence-electron chi connectivity index (χ3n) is 4.34. The summed E-state index contributed by atoms with van der Waals surface area (Å²) in [4.78, 5) is 16.6. The summed E-state index contributed by atoms with van der Waals surface area (Å²) in [6.07, 6.45) is 5.18. The minimum absolute atomic E-state index is 0. The molecule has 1 aromatic carbocycles. The van der Waals surface area contributed by atoms with Crippen LogP contribution in [0.5, 0.6) is 0 Å². The van der Waals surface area contributed by atoms with Crippen LogP contribution < -0.4 is 16.0 Å². The van der Waals surface area contributed by atoms with Crippen LogP contribution >= 0.6 is 24.0 Å². The molecule has 7 nitrogen and oxygen atoms in total. The number of para-hydroxylation sites is 1. The van der Waals surface area contributed by atoms with Crippen molar-refractivity contribution in [2.45, 2.75) is 32.2 Å². The van der Waals surface area contributed by atoms with Gasteiger partial charge in [-0.25, -0.2) is 0 Å². The zero-order valence-corrected chi connectivity index (χ0v) is 17.8. The van der Waals surface area contributed by atoms with Crippen LogP contribution in [-0.4, -0.2) is 41.3 Å². The zero-order chi connectivity index (χ0) is 18.2. The number of nitrogens with zero attached hydrogens (tertiary/aromatic N) is 3. The molecule has 1 aromatic heterocycles. The van der Waals surface area contributed by atoms with Gasteiger partial charge in [0.15, 0.2) is 5.96 Å². The highest BCUT2D eigenvalue weighted by Crippen LogP contribution is 2.31. The number of carbonyl (C=O) groups excluding carboxylic acids is 1. The molecule has 1 atom stereocenters. The molecule has 8 heteroatoms. The van der Waals surface area contributed by atoms with Crippen LogP contribution in [0.15, 0.2) is 47.7 Å². The lowest BCUT2D eigenvalue weighted by molar-refractivity contribution is -0.116. The Balaban J connectivity index is 0.00000261. The molecule has 0 saturated heterocycles. The summed E-state index contributed by atoms with van der Waals surface area (Å²) >= 11 is 0. The lowest BCUT2D eigenvalue weighted by Gasteiger charge is -2.24. The molecule has 0 aliphatic carbocycles. The van der Waals surface area contributed by atoms with Crippen LogP contribution in [0.3, 0.4) is 0 Å². The SMILES string of the molecule is CCNC(=NCC1CC(=O)Nc2ccccc21)NCCCn1cccn1.I. The van der Waals surface area contributed by atoms with Gasteiger partial charge in [-0.05, 0) is 31.0 Å². The Bertz CT molecular complexity index is 746. The van der Waals surface area contributed by atoms with Crippen molar-refractivity contribution in [2.24, 2.45) is 4.99 Å². The molecule has 2 heterocycles. The zero-order valence-electron chi connectivity index (χ0n) is 15.5. The van der Waals surface area contributed by atoms with Gasteiger partial charge < -0.3 is 16.0 Å². The molecule has 27 heavy (non-hydrogen) atoms. The molecule has 1 unspecified atom stereocenters. The van der Waals surface area contributed by atoms with E-state index in [1.54, 1.807) is 6.20 Å². The van der Waals surface area contributed by atoms with Gasteiger partial charge >= 0.3 is 0 Å². The maximum atomic E-state index is 11.9. The molecule has 0 fully saturated rings. The van der Waals surface area contributed by atoms with Crippen LogP contribution in [-0.2, 0) is 11.3 Å². The Morgan fingerprint density at radius 1 is 1.33 bits per heavy atom. The molecule has 3 N–H and O–H groups in total. The number of benzene rings is 1. The smallest absolute Gasteiger partial charge is 0.225 e. The standard InChI is InChI=1S/C19H26N6O.HI/c1-2-20-19(21-9-5-11-25-12-6-10-23-25)22-14-15-13-18(26)24-17-8-4-3-7-16(15)17;/h3-4,6-8,10,12,15H,2,5,9,11,13-14H2,1H3,(H,24,26)(H2,20,21,22);1H. The van der Waals surface area contributed by atoms with Crippen molar-refractivity contribution in [3.05, 3.63) is 48.3 Å². The van der Waals surface area contributed by atoms with Crippen LogP contribution in [0.2, 0.25) is 0 Å². The van der Waals surface area contributed by atoms with Gasteiger partial charge in [0, 0.05) is 50.1 Å². The molecular formula is C19H27IN6O. The highest BCUT2D eigenvalue weighted by molar-refractivity contribution is 14.0. The molecular weight excluding hydrogens is 455 g/mol. The fourth-order valence-electron chi connectivity index (χ4n) is 3.09. The lowest BCUT2D eigenvalue weighted by Crippen LogP contribution is -2.38. The van der Waals surface area contributed by atoms with E-state index in [1.165, 1.54) is 0 Å². The van der Waals surface area contributed by atoms with E-state index in [9.17, 15) is 4.79 Å². The number of carbonyl (C=O) groups is 1. The third-order valence-corrected chi connectivity index (χ3v) is 4.34. The van der Waals surface area contributed by atoms with Gasteiger partial charge in [0.05, 0.1) is 6.54 Å². The summed E-state index contributed by atoms with van der Waals surface area (Å²) in [5, 5.41) is 13.8. The molecule has 3 rings (SSSR count). The first-order chi connectivity index (χ1) is 12.8. The predicted octanol–water partition coefficient (Wildman–Crippen LogP) is 2.57. The lowest BCUT2D eigenvalue weighted by atomic mass is 9.91. The summed E-state index contributed by atoms with van der Waals surface area (Å²) in [6.45, 7) is 5.11. The van der Waals surface area contributed by atoms with Crippen molar-refractivity contribution < 1.29 is 4.79 Å². The Labute approximate surface area is 177 Å². The molecule has 1 aliphatic heterocycles. The number of hydrogen-bond acceptors (Lipinski definition) is 3. The van der Waals surface area contributed by atoms with Gasteiger partial charge in [-0.3, -0.25) is 14.5 Å². The number of fused-ring (bicyclic) bond motifs is 1. The Kier molecular flexibility index (Phi) is 8.56. The minimum atomic E-state index is 0. The number of rotatable bonds is 7. The van der Waals surface area contributed by atoms with Gasteiger partial charge in [0.2, 0.25) is 5.91 Å². The highest BCUT2D eigenvalue weighted by Gasteiger charge is 2.24. The fourth-order valence-corrected chi connectivity index (χ4v) is 3.09. The maximum absolute atomic E-state index is 11.9. The first kappa shape index (κ1) is 21.2. The average molecular weight is 482 g/mol. The van der Waals surface area contributed by atoms with Gasteiger partial charge in [-0.1, -0.05) is 18.2 Å². The van der Waals surface area contributed by atoms with Crippen LogP contribution in [0.25, 0.3) is 0 Å². The van der Waals surface area contributed by atoms with E-state index in [4.69, 9.17) is 4.99 Å². The fraction of sp³-hybridized carbons (Fsp3) is 0.421. The first-order valence-electron chi connectivity index (χ1n) is 9.14. The number of nitrogens with one attached hydrogen (secondary N) is 3. The Morgan fingerprint density at radius 3 is 2.96 bits per heavy atom. The largest absolute Gasteiger partial charge is 0.357 e. The van der Waals surface area contributed by atoms with Crippen molar-refractivity contribution in [2.75, 3.05) is 25.0 Å². The second-order valence-electron chi connectivity index (χ2n) is 6.31. The Morgan fingerprint density at radius 2 is 2.19 bits per heavy atom. The molecule has 0 radical (unpaired) electrons. The van der Waals surface area contributed by atoms with Crippen LogP contribution in [0, 0.1) is 0 Å². The van der Waals surface area contributed by atoms with Crippen molar-refractivity contribution >= 4 is 41.5 Å². The third kappa shape index (κ3) is 6.23. The van der Waals surface area contributed by atoms with E-state index in [0.29, 0.717) is 13.0 Å². The summed E-state index contributed by atoms with van der Waals surface area (Å²) in [5.41, 5.74) is 2.06. The second-order valence-corrected chi connectivity index (χ2v) is 6.31. The second kappa shape index (κ2) is 10.9. The van der Waals surface area contributed by atoms with E-state index in [2.05, 4.69) is 27.1 Å². The number of hydrogen-bond donors (Lipinski definition) is 3. The van der Waals surface area contributed by atoms with Crippen molar-refractivity contribution in [1.29, 1.82) is 0 Å². The van der Waals surface area contributed by atoms with Crippen LogP contribution in [0.4, 0.5) is 5.69 Å². The average Bonchev–Trinajstić information content (AvgIpc) is 3.16. The van der Waals surface area contributed by atoms with Gasteiger partial charge in [0.25, 0.3) is 0 Å². The number of aromatic nitrogens is 2. The molecule has 0 bridgehead atoms. The summed E-state index contributed by atoms with van der Waals surface area (Å²) in [5.74, 6) is 0.956. The van der Waals surface area contributed by atoms with E-state index >= 15 is 0 Å². The summed E-state index contributed by atoms with van der Waals surface area (Å²) < 4.78 is 1.92. The first-order valence-corrected chi connectivity index (χ1v) is 9.14. The maximum Gasteiger partial charge on any atom is 0.225 e. The molecule has 1 aliphatic rings. The van der Waals surface area contributed by atoms with E-state index in [1.807, 2.05) is 42.1 Å². The quantitative estimate of drug-likeness (QED) is 0.245. The minimum Gasteiger partial charge on any atom is -0.357 e. The highest BCUT2D eigenvalue weighted by atomic mass is 127. The van der Waals surface area contributed by atoms with Crippen LogP contribution in [0.1, 0.15) is 31.2 Å². The van der Waals surface area contributed by atoms with Crippen molar-refractivity contribution in [3.8, 4) is 0 Å². The summed E-state index contributed by atoms with van der Waals surface area (Å²) in [6, 6.07) is 9.89. The molecule has 0 spiro atoms. The topological polar surface area (TPSA) is 83.3 Å². The number of aryl methyl sites for hydroxylation is 1. The summed E-state index contributed by atoms with van der Waals surface area (Å²) in [7, 11) is 0. The van der Waals surface area contributed by atoms with Crippen molar-refractivity contribution in [3.63, 3.8) is 0 Å². The van der Waals surface area contributed by atoms with E-state index < -0.39 is 0 Å². The van der Waals surface area contributed by atoms with Crippen molar-refractivity contribution in [1.82, 2.24) is 20.4 Å².